The Bertz CT molecular complexity index is 595. The normalized spacial score (nSPS) is 17.0. The number of ether oxygens (including phenoxy) is 1. The third kappa shape index (κ3) is 6.78. The second-order valence-corrected chi connectivity index (χ2v) is 6.62. The molecule has 0 aliphatic carbocycles. The predicted octanol–water partition coefficient (Wildman–Crippen LogP) is 3.72. The van der Waals surface area contributed by atoms with Gasteiger partial charge in [0.25, 0.3) is 0 Å². The number of hydrogen-bond acceptors (Lipinski definition) is 3. The zero-order chi connectivity index (χ0) is 18.9. The lowest BCUT2D eigenvalue weighted by atomic mass is 10.1. The Hall–Kier alpha value is -1.09. The molecule has 1 saturated heterocycles. The van der Waals surface area contributed by atoms with Crippen molar-refractivity contribution >= 4 is 35.6 Å². The highest BCUT2D eigenvalue weighted by Gasteiger charge is 2.24. The van der Waals surface area contributed by atoms with Crippen LogP contribution in [0.2, 0.25) is 0 Å². The van der Waals surface area contributed by atoms with Gasteiger partial charge in [0.15, 0.2) is 5.96 Å². The third-order valence-electron chi connectivity index (χ3n) is 4.92. The largest absolute Gasteiger partial charge is 0.381 e. The van der Waals surface area contributed by atoms with Crippen LogP contribution >= 0.6 is 24.0 Å². The smallest absolute Gasteiger partial charge is 0.193 e. The van der Waals surface area contributed by atoms with Gasteiger partial charge in [-0.3, -0.25) is 4.99 Å². The lowest BCUT2D eigenvalue weighted by Crippen LogP contribution is -2.39. The van der Waals surface area contributed by atoms with Gasteiger partial charge in [-0.05, 0) is 44.9 Å². The number of nitrogens with zero attached hydrogens (tertiary/aromatic N) is 3. The summed E-state index contributed by atoms with van der Waals surface area (Å²) in [5.74, 6) is 1.26. The van der Waals surface area contributed by atoms with Crippen molar-refractivity contribution in [3.63, 3.8) is 0 Å². The number of rotatable bonds is 8. The van der Waals surface area contributed by atoms with E-state index in [1.165, 1.54) is 0 Å². The van der Waals surface area contributed by atoms with Crippen LogP contribution in [0.25, 0.3) is 0 Å². The molecular weight excluding hydrogens is 458 g/mol. The number of aliphatic imine (C=N–C) groups is 1. The molecule has 0 saturated carbocycles. The number of halogens is 2. The van der Waals surface area contributed by atoms with E-state index in [4.69, 9.17) is 4.74 Å². The van der Waals surface area contributed by atoms with Gasteiger partial charge in [-0.2, -0.15) is 0 Å². The number of hydrogen-bond donors (Lipinski definition) is 1. The van der Waals surface area contributed by atoms with Gasteiger partial charge in [-0.25, -0.2) is 4.39 Å². The van der Waals surface area contributed by atoms with E-state index in [0.29, 0.717) is 18.2 Å². The van der Waals surface area contributed by atoms with Gasteiger partial charge in [0, 0.05) is 52.3 Å². The van der Waals surface area contributed by atoms with Crippen LogP contribution in [0.1, 0.15) is 32.8 Å². The highest BCUT2D eigenvalue weighted by Crippen LogP contribution is 2.21. The molecule has 1 unspecified atom stereocenters. The van der Waals surface area contributed by atoms with Gasteiger partial charge >= 0.3 is 0 Å². The van der Waals surface area contributed by atoms with E-state index in [9.17, 15) is 4.39 Å². The topological polar surface area (TPSA) is 40.1 Å². The van der Waals surface area contributed by atoms with E-state index in [1.807, 2.05) is 37.8 Å². The van der Waals surface area contributed by atoms with Crippen molar-refractivity contribution in [1.29, 1.82) is 0 Å². The van der Waals surface area contributed by atoms with Crippen LogP contribution < -0.4 is 10.2 Å². The Morgan fingerprint density at radius 3 is 2.67 bits per heavy atom. The maximum absolute atomic E-state index is 14.4. The summed E-state index contributed by atoms with van der Waals surface area (Å²) >= 11 is 0. The second-order valence-electron chi connectivity index (χ2n) is 6.62. The molecule has 1 heterocycles. The highest BCUT2D eigenvalue weighted by molar-refractivity contribution is 14.0. The van der Waals surface area contributed by atoms with Crippen LogP contribution in [0.5, 0.6) is 0 Å². The first-order chi connectivity index (χ1) is 12.6. The molecule has 1 aromatic carbocycles. The average molecular weight is 492 g/mol. The minimum Gasteiger partial charge on any atom is -0.381 e. The first-order valence-electron chi connectivity index (χ1n) is 9.69. The van der Waals surface area contributed by atoms with Crippen molar-refractivity contribution in [2.75, 3.05) is 51.3 Å². The first kappa shape index (κ1) is 23.9. The molecule has 1 fully saturated rings. The molecule has 1 N–H and O–H groups in total. The van der Waals surface area contributed by atoms with E-state index in [1.54, 1.807) is 13.1 Å². The van der Waals surface area contributed by atoms with Crippen molar-refractivity contribution in [3.05, 3.63) is 29.6 Å². The van der Waals surface area contributed by atoms with Crippen LogP contribution in [-0.2, 0) is 11.3 Å². The molecule has 0 amide bonds. The molecule has 0 radical (unpaired) electrons. The summed E-state index contributed by atoms with van der Waals surface area (Å²) in [6, 6.07) is 5.48. The molecule has 0 spiro atoms. The van der Waals surface area contributed by atoms with Gasteiger partial charge in [0.1, 0.15) is 5.82 Å². The Morgan fingerprint density at radius 2 is 2.07 bits per heavy atom. The van der Waals surface area contributed by atoms with Crippen molar-refractivity contribution < 1.29 is 9.13 Å². The van der Waals surface area contributed by atoms with Gasteiger partial charge in [-0.1, -0.05) is 6.07 Å². The van der Waals surface area contributed by atoms with Crippen molar-refractivity contribution in [1.82, 2.24) is 10.2 Å². The van der Waals surface area contributed by atoms with E-state index >= 15 is 0 Å². The molecule has 1 aromatic rings. The number of nitrogens with one attached hydrogen (secondary N) is 1. The molecule has 0 bridgehead atoms. The summed E-state index contributed by atoms with van der Waals surface area (Å²) in [5, 5.41) is 3.36. The maximum Gasteiger partial charge on any atom is 0.193 e. The van der Waals surface area contributed by atoms with Gasteiger partial charge in [-0.15, -0.1) is 24.0 Å². The van der Waals surface area contributed by atoms with E-state index in [-0.39, 0.29) is 29.8 Å². The Morgan fingerprint density at radius 1 is 1.33 bits per heavy atom. The average Bonchev–Trinajstić information content (AvgIpc) is 3.12. The summed E-state index contributed by atoms with van der Waals surface area (Å²) in [7, 11) is 1.79. The molecule has 5 nitrogen and oxygen atoms in total. The molecule has 0 aromatic heterocycles. The lowest BCUT2D eigenvalue weighted by molar-refractivity contribution is 0.114. The molecule has 27 heavy (non-hydrogen) atoms. The SMILES string of the molecule is CCOCC1CCN(C(=NC)NCc2ccc(N(CC)CC)c(F)c2)C1.I. The van der Waals surface area contributed by atoms with Gasteiger partial charge in [0.05, 0.1) is 12.3 Å². The minimum absolute atomic E-state index is 0. The van der Waals surface area contributed by atoms with Crippen LogP contribution in [0.3, 0.4) is 0 Å². The summed E-state index contributed by atoms with van der Waals surface area (Å²) in [5.41, 5.74) is 1.59. The molecule has 154 valence electrons. The number of benzene rings is 1. The number of guanidine groups is 1. The van der Waals surface area contributed by atoms with Crippen molar-refractivity contribution in [3.8, 4) is 0 Å². The number of likely N-dealkylation sites (tertiary alicyclic amines) is 1. The fourth-order valence-corrected chi connectivity index (χ4v) is 3.44. The third-order valence-corrected chi connectivity index (χ3v) is 4.92. The standard InChI is InChI=1S/C20H33FN4O.HI/c1-5-24(6-2)19-9-8-16(12-18(19)21)13-23-20(22-4)25-11-10-17(14-25)15-26-7-3;/h8-9,12,17H,5-7,10-11,13-15H2,1-4H3,(H,22,23);1H. The van der Waals surface area contributed by atoms with E-state index in [2.05, 4.69) is 15.2 Å². The van der Waals surface area contributed by atoms with E-state index < -0.39 is 0 Å². The zero-order valence-corrected chi connectivity index (χ0v) is 19.3. The monoisotopic (exact) mass is 492 g/mol. The zero-order valence-electron chi connectivity index (χ0n) is 17.0. The Balaban J connectivity index is 0.00000364. The maximum atomic E-state index is 14.4. The van der Waals surface area contributed by atoms with Crippen molar-refractivity contribution in [2.45, 2.75) is 33.7 Å². The summed E-state index contributed by atoms with van der Waals surface area (Å²) in [4.78, 5) is 8.66. The van der Waals surface area contributed by atoms with Gasteiger partial charge in [0.2, 0.25) is 0 Å². The minimum atomic E-state index is -0.166. The quantitative estimate of drug-likeness (QED) is 0.341. The van der Waals surface area contributed by atoms with Gasteiger partial charge < -0.3 is 19.9 Å². The fourth-order valence-electron chi connectivity index (χ4n) is 3.44. The lowest BCUT2D eigenvalue weighted by Gasteiger charge is -2.23. The fraction of sp³-hybridized carbons (Fsp3) is 0.650. The highest BCUT2D eigenvalue weighted by atomic mass is 127. The Labute approximate surface area is 180 Å². The number of anilines is 1. The first-order valence-corrected chi connectivity index (χ1v) is 9.69. The van der Waals surface area contributed by atoms with Crippen molar-refractivity contribution in [2.24, 2.45) is 10.9 Å². The predicted molar refractivity (Wildman–Crippen MR) is 122 cm³/mol. The molecule has 1 aliphatic heterocycles. The van der Waals surface area contributed by atoms with Crippen LogP contribution in [0, 0.1) is 11.7 Å². The molecule has 7 heteroatoms. The molecule has 1 aliphatic rings. The summed E-state index contributed by atoms with van der Waals surface area (Å²) in [6.07, 6.45) is 1.12. The summed E-state index contributed by atoms with van der Waals surface area (Å²) < 4.78 is 20.0. The summed E-state index contributed by atoms with van der Waals surface area (Å²) in [6.45, 7) is 11.8. The molecule has 2 rings (SSSR count). The molecule has 1 atom stereocenters. The Kier molecular flexibility index (Phi) is 11.0. The van der Waals surface area contributed by atoms with Crippen LogP contribution in [-0.4, -0.2) is 57.3 Å². The van der Waals surface area contributed by atoms with Crippen LogP contribution in [0.15, 0.2) is 23.2 Å². The van der Waals surface area contributed by atoms with Crippen LogP contribution in [0.4, 0.5) is 10.1 Å². The second kappa shape index (κ2) is 12.4. The van der Waals surface area contributed by atoms with E-state index in [0.717, 1.165) is 57.3 Å². The molecular formula is C20H34FIN4O.